The lowest BCUT2D eigenvalue weighted by molar-refractivity contribution is 0.574. The zero-order valence-electron chi connectivity index (χ0n) is 25.2. The van der Waals surface area contributed by atoms with Crippen molar-refractivity contribution in [3.63, 3.8) is 0 Å². The summed E-state index contributed by atoms with van der Waals surface area (Å²) in [6.45, 7) is 0. The molecule has 0 N–H and O–H groups in total. The molecule has 2 aromatic heterocycles. The van der Waals surface area contributed by atoms with Gasteiger partial charge < -0.3 is 8.83 Å². The topological polar surface area (TPSA) is 52.1 Å². The molecular formula is C43H26N2O2. The first-order valence-electron chi connectivity index (χ1n) is 15.8. The Morgan fingerprint density at radius 3 is 1.17 bits per heavy atom. The van der Waals surface area contributed by atoms with Gasteiger partial charge in [0.25, 0.3) is 0 Å². The Balaban J connectivity index is 1.18. The van der Waals surface area contributed by atoms with Gasteiger partial charge in [-0.3, -0.25) is 0 Å². The number of nitrogens with zero attached hydrogens (tertiary/aromatic N) is 2. The van der Waals surface area contributed by atoms with Gasteiger partial charge in [-0.05, 0) is 103 Å². The lowest BCUT2D eigenvalue weighted by Crippen LogP contribution is -2.26. The summed E-state index contributed by atoms with van der Waals surface area (Å²) >= 11 is 0. The van der Waals surface area contributed by atoms with Crippen LogP contribution in [0.1, 0.15) is 22.3 Å². The minimum atomic E-state index is -0.445. The maximum Gasteiger partial charge on any atom is 0.225 e. The quantitative estimate of drug-likeness (QED) is 0.201. The van der Waals surface area contributed by atoms with Crippen molar-refractivity contribution in [3.8, 4) is 67.4 Å². The van der Waals surface area contributed by atoms with Crippen LogP contribution >= 0.6 is 0 Å². The molecule has 2 aliphatic carbocycles. The highest BCUT2D eigenvalue weighted by molar-refractivity contribution is 5.96. The predicted octanol–water partition coefficient (Wildman–Crippen LogP) is 10.7. The second-order valence-corrected chi connectivity index (χ2v) is 12.2. The van der Waals surface area contributed by atoms with Crippen molar-refractivity contribution < 1.29 is 8.83 Å². The van der Waals surface area contributed by atoms with Gasteiger partial charge in [0.05, 0.1) is 17.8 Å². The summed E-state index contributed by atoms with van der Waals surface area (Å²) in [6.07, 6.45) is 6.57. The molecule has 0 saturated carbocycles. The Kier molecular flexibility index (Phi) is 5.46. The smallest absolute Gasteiger partial charge is 0.225 e. The standard InChI is InChI=1S/C43H26N2O2/c1-3-7-37-33(5-1)34-6-2-4-8-38(34)43(37)39-25-31(27-9-13-29(14-10-27)41-44-21-23-46-41)17-19-35(39)36-20-18-32(26-40(36)43)28-11-15-30(16-12-28)42-45-22-24-47-42/h1-26H. The largest absolute Gasteiger partial charge is 0.445 e. The van der Waals surface area contributed by atoms with E-state index in [0.29, 0.717) is 11.8 Å². The van der Waals surface area contributed by atoms with Crippen LogP contribution in [0.25, 0.3) is 67.4 Å². The Morgan fingerprint density at radius 2 is 0.745 bits per heavy atom. The fraction of sp³-hybridized carbons (Fsp3) is 0.0233. The maximum absolute atomic E-state index is 5.54. The number of fused-ring (bicyclic) bond motifs is 10. The van der Waals surface area contributed by atoms with E-state index in [0.717, 1.165) is 22.3 Å². The first-order chi connectivity index (χ1) is 23.3. The van der Waals surface area contributed by atoms with E-state index in [2.05, 4.69) is 143 Å². The first kappa shape index (κ1) is 26.0. The van der Waals surface area contributed by atoms with Gasteiger partial charge in [-0.15, -0.1) is 0 Å². The van der Waals surface area contributed by atoms with Crippen LogP contribution in [-0.4, -0.2) is 9.97 Å². The van der Waals surface area contributed by atoms with E-state index < -0.39 is 5.41 Å². The molecule has 0 fully saturated rings. The zero-order valence-corrected chi connectivity index (χ0v) is 25.2. The molecule has 0 amide bonds. The molecule has 4 nitrogen and oxygen atoms in total. The monoisotopic (exact) mass is 602 g/mol. The number of aromatic nitrogens is 2. The molecule has 0 unspecified atom stereocenters. The van der Waals surface area contributed by atoms with Crippen LogP contribution in [0.15, 0.2) is 167 Å². The molecule has 0 atom stereocenters. The fourth-order valence-corrected chi connectivity index (χ4v) is 7.84. The van der Waals surface area contributed by atoms with Crippen molar-refractivity contribution in [2.45, 2.75) is 5.41 Å². The Labute approximate surface area is 271 Å². The molecular weight excluding hydrogens is 576 g/mol. The molecule has 2 aliphatic rings. The third-order valence-electron chi connectivity index (χ3n) is 9.88. The van der Waals surface area contributed by atoms with Crippen molar-refractivity contribution in [2.75, 3.05) is 0 Å². The van der Waals surface area contributed by atoms with E-state index in [-0.39, 0.29) is 0 Å². The average molecular weight is 603 g/mol. The molecule has 6 aromatic carbocycles. The Morgan fingerprint density at radius 1 is 0.362 bits per heavy atom. The van der Waals surface area contributed by atoms with E-state index in [9.17, 15) is 0 Å². The summed E-state index contributed by atoms with van der Waals surface area (Å²) in [4.78, 5) is 8.64. The van der Waals surface area contributed by atoms with Gasteiger partial charge in [-0.2, -0.15) is 0 Å². The van der Waals surface area contributed by atoms with Gasteiger partial charge in [0.2, 0.25) is 11.8 Å². The highest BCUT2D eigenvalue weighted by atomic mass is 16.3. The molecule has 1 spiro atoms. The molecule has 4 heteroatoms. The van der Waals surface area contributed by atoms with E-state index >= 15 is 0 Å². The second kappa shape index (κ2) is 9.87. The van der Waals surface area contributed by atoms with E-state index in [1.807, 2.05) is 0 Å². The Hall–Kier alpha value is -6.26. The second-order valence-electron chi connectivity index (χ2n) is 12.2. The first-order valence-corrected chi connectivity index (χ1v) is 15.8. The highest BCUT2D eigenvalue weighted by Crippen LogP contribution is 2.63. The number of oxazole rings is 2. The minimum Gasteiger partial charge on any atom is -0.445 e. The van der Waals surface area contributed by atoms with Crippen LogP contribution in [0.3, 0.4) is 0 Å². The molecule has 0 saturated heterocycles. The van der Waals surface area contributed by atoms with Crippen LogP contribution in [-0.2, 0) is 5.41 Å². The van der Waals surface area contributed by atoms with Crippen LogP contribution < -0.4 is 0 Å². The molecule has 8 aromatic rings. The summed E-state index contributed by atoms with van der Waals surface area (Å²) in [6, 6.07) is 48.8. The third-order valence-corrected chi connectivity index (χ3v) is 9.88. The minimum absolute atomic E-state index is 0.445. The molecule has 0 bridgehead atoms. The molecule has 2 heterocycles. The number of benzene rings is 6. The average Bonchev–Trinajstić information content (AvgIpc) is 3.96. The SMILES string of the molecule is c1ccc2c(c1)-c1ccccc1C21c2cc(-c3ccc(-c4ncco4)cc3)ccc2-c2ccc(-c3ccc(-c4ncco4)cc3)cc21. The van der Waals surface area contributed by atoms with Gasteiger partial charge in [-0.1, -0.05) is 97.1 Å². The normalized spacial score (nSPS) is 13.3. The zero-order chi connectivity index (χ0) is 31.0. The van der Waals surface area contributed by atoms with Gasteiger partial charge in [0.1, 0.15) is 12.5 Å². The fourth-order valence-electron chi connectivity index (χ4n) is 7.84. The van der Waals surface area contributed by atoms with Crippen LogP contribution in [0.4, 0.5) is 0 Å². The van der Waals surface area contributed by atoms with Crippen LogP contribution in [0.2, 0.25) is 0 Å². The van der Waals surface area contributed by atoms with Crippen LogP contribution in [0.5, 0.6) is 0 Å². The van der Waals surface area contributed by atoms with Crippen molar-refractivity contribution >= 4 is 0 Å². The van der Waals surface area contributed by atoms with Crippen molar-refractivity contribution in [1.29, 1.82) is 0 Å². The van der Waals surface area contributed by atoms with Crippen molar-refractivity contribution in [3.05, 3.63) is 181 Å². The molecule has 0 aliphatic heterocycles. The van der Waals surface area contributed by atoms with Gasteiger partial charge >= 0.3 is 0 Å². The summed E-state index contributed by atoms with van der Waals surface area (Å²) in [5, 5.41) is 0. The number of rotatable bonds is 4. The van der Waals surface area contributed by atoms with Crippen molar-refractivity contribution in [2.24, 2.45) is 0 Å². The number of hydrogen-bond acceptors (Lipinski definition) is 4. The van der Waals surface area contributed by atoms with E-state index in [1.54, 1.807) is 24.9 Å². The molecule has 47 heavy (non-hydrogen) atoms. The molecule has 220 valence electrons. The van der Waals surface area contributed by atoms with Gasteiger partial charge in [0.15, 0.2) is 0 Å². The highest BCUT2D eigenvalue weighted by Gasteiger charge is 2.51. The molecule has 10 rings (SSSR count). The summed E-state index contributed by atoms with van der Waals surface area (Å²) in [5.41, 5.74) is 16.6. The summed E-state index contributed by atoms with van der Waals surface area (Å²) in [7, 11) is 0. The maximum atomic E-state index is 5.54. The number of hydrogen-bond donors (Lipinski definition) is 0. The van der Waals surface area contributed by atoms with Crippen molar-refractivity contribution in [1.82, 2.24) is 9.97 Å². The molecule has 0 radical (unpaired) electrons. The summed E-state index contributed by atoms with van der Waals surface area (Å²) < 4.78 is 11.1. The third kappa shape index (κ3) is 3.70. The van der Waals surface area contributed by atoms with E-state index in [1.165, 1.54) is 55.6 Å². The lowest BCUT2D eigenvalue weighted by atomic mass is 9.70. The van der Waals surface area contributed by atoms with Crippen LogP contribution in [0, 0.1) is 0 Å². The van der Waals surface area contributed by atoms with Gasteiger partial charge in [0, 0.05) is 11.1 Å². The predicted molar refractivity (Wildman–Crippen MR) is 185 cm³/mol. The summed E-state index contributed by atoms with van der Waals surface area (Å²) in [5.74, 6) is 1.25. The lowest BCUT2D eigenvalue weighted by Gasteiger charge is -2.31. The Bertz CT molecular complexity index is 2260. The van der Waals surface area contributed by atoms with E-state index in [4.69, 9.17) is 8.83 Å². The van der Waals surface area contributed by atoms with Gasteiger partial charge in [-0.25, -0.2) is 9.97 Å².